The zero-order valence-corrected chi connectivity index (χ0v) is 12.8. The summed E-state index contributed by atoms with van der Waals surface area (Å²) in [5, 5.41) is 2.89. The molecule has 5 nitrogen and oxygen atoms in total. The van der Waals surface area contributed by atoms with E-state index in [-0.39, 0.29) is 29.5 Å². The zero-order chi connectivity index (χ0) is 14.8. The maximum Gasteiger partial charge on any atom is 0.243 e. The van der Waals surface area contributed by atoms with E-state index in [2.05, 4.69) is 19.2 Å². The highest BCUT2D eigenvalue weighted by molar-refractivity contribution is 7.91. The third-order valence-electron chi connectivity index (χ3n) is 3.56. The summed E-state index contributed by atoms with van der Waals surface area (Å²) in [6.45, 7) is 4.15. The smallest absolute Gasteiger partial charge is 0.243 e. The average molecular weight is 298 g/mol. The fourth-order valence-corrected chi connectivity index (χ4v) is 4.25. The minimum Gasteiger partial charge on any atom is -0.351 e. The van der Waals surface area contributed by atoms with Crippen molar-refractivity contribution in [1.82, 2.24) is 9.88 Å². The van der Waals surface area contributed by atoms with Crippen molar-refractivity contribution in [3.63, 3.8) is 0 Å². The van der Waals surface area contributed by atoms with E-state index < -0.39 is 9.84 Å². The molecule has 6 heteroatoms. The number of hydrogen-bond acceptors (Lipinski definition) is 3. The lowest BCUT2D eigenvalue weighted by atomic mass is 10.0. The van der Waals surface area contributed by atoms with Crippen molar-refractivity contribution < 1.29 is 13.2 Å². The lowest BCUT2D eigenvalue weighted by molar-refractivity contribution is -0.125. The molecule has 0 bridgehead atoms. The topological polar surface area (TPSA) is 68.2 Å². The van der Waals surface area contributed by atoms with E-state index in [1.54, 1.807) is 0 Å². The van der Waals surface area contributed by atoms with Crippen molar-refractivity contribution >= 4 is 15.7 Å². The highest BCUT2D eigenvalue weighted by Crippen LogP contribution is 2.19. The number of hydrogen-bond donors (Lipinski definition) is 1. The third kappa shape index (κ3) is 3.85. The van der Waals surface area contributed by atoms with Gasteiger partial charge in [-0.3, -0.25) is 4.79 Å². The molecule has 1 aliphatic rings. The summed E-state index contributed by atoms with van der Waals surface area (Å²) in [5.41, 5.74) is 0. The van der Waals surface area contributed by atoms with E-state index in [0.29, 0.717) is 12.3 Å². The van der Waals surface area contributed by atoms with Gasteiger partial charge in [0, 0.05) is 18.4 Å². The van der Waals surface area contributed by atoms with Crippen molar-refractivity contribution in [2.75, 3.05) is 11.5 Å². The van der Waals surface area contributed by atoms with Crippen LogP contribution in [0.3, 0.4) is 0 Å². The quantitative estimate of drug-likeness (QED) is 0.893. The molecule has 1 aromatic heterocycles. The maximum atomic E-state index is 12.4. The molecule has 1 fully saturated rings. The van der Waals surface area contributed by atoms with E-state index in [1.165, 1.54) is 0 Å². The first-order chi connectivity index (χ1) is 9.37. The fourth-order valence-electron chi connectivity index (χ4n) is 2.57. The fraction of sp³-hybridized carbons (Fsp3) is 0.643. The first-order valence-corrected chi connectivity index (χ1v) is 8.83. The Labute approximate surface area is 120 Å². The highest BCUT2D eigenvalue weighted by Gasteiger charge is 2.31. The Balaban J connectivity index is 2.04. The molecule has 2 heterocycles. The second kappa shape index (κ2) is 5.99. The summed E-state index contributed by atoms with van der Waals surface area (Å²) in [6.07, 6.45) is 5.00. The number of nitrogens with zero attached hydrogens (tertiary/aromatic N) is 1. The van der Waals surface area contributed by atoms with E-state index in [1.807, 2.05) is 29.1 Å². The Hall–Kier alpha value is -1.30. The summed E-state index contributed by atoms with van der Waals surface area (Å²) in [4.78, 5) is 12.4. The van der Waals surface area contributed by atoms with Crippen LogP contribution in [0.2, 0.25) is 0 Å². The minimum atomic E-state index is -2.97. The van der Waals surface area contributed by atoms with Gasteiger partial charge >= 0.3 is 0 Å². The second-order valence-electron chi connectivity index (χ2n) is 5.88. The zero-order valence-electron chi connectivity index (χ0n) is 12.0. The first kappa shape index (κ1) is 15.1. The Morgan fingerprint density at radius 3 is 2.50 bits per heavy atom. The van der Waals surface area contributed by atoms with Gasteiger partial charge in [0.25, 0.3) is 0 Å². The average Bonchev–Trinajstić information content (AvgIpc) is 2.95. The summed E-state index contributed by atoms with van der Waals surface area (Å²) < 4.78 is 24.8. The first-order valence-electron chi connectivity index (χ1n) is 7.00. The molecular formula is C14H22N2O3S. The summed E-state index contributed by atoms with van der Waals surface area (Å²) >= 11 is 0. The van der Waals surface area contributed by atoms with Gasteiger partial charge < -0.3 is 9.88 Å². The van der Waals surface area contributed by atoms with Crippen LogP contribution in [0.25, 0.3) is 0 Å². The minimum absolute atomic E-state index is 0.0683. The molecule has 1 amide bonds. The summed E-state index contributed by atoms with van der Waals surface area (Å²) in [6, 6.07) is 3.27. The van der Waals surface area contributed by atoms with Crippen LogP contribution >= 0.6 is 0 Å². The molecule has 20 heavy (non-hydrogen) atoms. The van der Waals surface area contributed by atoms with E-state index in [9.17, 15) is 13.2 Å². The van der Waals surface area contributed by atoms with Gasteiger partial charge in [-0.25, -0.2) is 8.42 Å². The predicted octanol–water partition coefficient (Wildman–Crippen LogP) is 1.38. The number of rotatable bonds is 5. The monoisotopic (exact) mass is 298 g/mol. The molecular weight excluding hydrogens is 276 g/mol. The van der Waals surface area contributed by atoms with Crippen LogP contribution in [0.5, 0.6) is 0 Å². The van der Waals surface area contributed by atoms with Crippen molar-refractivity contribution in [3.05, 3.63) is 24.5 Å². The molecule has 1 aromatic rings. The molecule has 1 N–H and O–H groups in total. The van der Waals surface area contributed by atoms with E-state index in [4.69, 9.17) is 0 Å². The molecule has 0 spiro atoms. The van der Waals surface area contributed by atoms with Gasteiger partial charge in [0.15, 0.2) is 9.84 Å². The standard InChI is InChI=1S/C14H22N2O3S/c1-11(2)9-13(16-6-3-4-7-16)14(17)15-12-5-8-20(18,19)10-12/h3-4,6-7,11-13H,5,8-10H2,1-2H3,(H,15,17). The number of nitrogens with one attached hydrogen (secondary N) is 1. The van der Waals surface area contributed by atoms with Crippen LogP contribution in [0, 0.1) is 5.92 Å². The Morgan fingerprint density at radius 1 is 1.35 bits per heavy atom. The van der Waals surface area contributed by atoms with E-state index >= 15 is 0 Å². The van der Waals surface area contributed by atoms with Crippen molar-refractivity contribution in [2.45, 2.75) is 38.8 Å². The van der Waals surface area contributed by atoms with Gasteiger partial charge in [0.2, 0.25) is 5.91 Å². The van der Waals surface area contributed by atoms with E-state index in [0.717, 1.165) is 6.42 Å². The maximum absolute atomic E-state index is 12.4. The molecule has 0 aromatic carbocycles. The predicted molar refractivity (Wildman–Crippen MR) is 78.1 cm³/mol. The highest BCUT2D eigenvalue weighted by atomic mass is 32.2. The molecule has 0 aliphatic carbocycles. The number of carbonyl (C=O) groups excluding carboxylic acids is 1. The Kier molecular flexibility index (Phi) is 4.52. The van der Waals surface area contributed by atoms with Crippen LogP contribution in [0.4, 0.5) is 0 Å². The van der Waals surface area contributed by atoms with Gasteiger partial charge in [-0.1, -0.05) is 13.8 Å². The molecule has 2 unspecified atom stereocenters. The van der Waals surface area contributed by atoms with Crippen LogP contribution in [-0.2, 0) is 14.6 Å². The lowest BCUT2D eigenvalue weighted by Gasteiger charge is -2.22. The van der Waals surface area contributed by atoms with Crippen molar-refractivity contribution in [3.8, 4) is 0 Å². The van der Waals surface area contributed by atoms with Gasteiger partial charge in [-0.05, 0) is 30.9 Å². The third-order valence-corrected chi connectivity index (χ3v) is 5.33. The van der Waals surface area contributed by atoms with Crippen LogP contribution < -0.4 is 5.32 Å². The van der Waals surface area contributed by atoms with Crippen LogP contribution in [0.15, 0.2) is 24.5 Å². The van der Waals surface area contributed by atoms with Crippen molar-refractivity contribution in [2.24, 2.45) is 5.92 Å². The number of aromatic nitrogens is 1. The molecule has 2 rings (SSSR count). The molecule has 1 aliphatic heterocycles. The van der Waals surface area contributed by atoms with Gasteiger partial charge in [-0.2, -0.15) is 0 Å². The van der Waals surface area contributed by atoms with Gasteiger partial charge in [-0.15, -0.1) is 0 Å². The van der Waals surface area contributed by atoms with Crippen LogP contribution in [0.1, 0.15) is 32.7 Å². The Bertz CT molecular complexity index is 549. The molecule has 0 saturated carbocycles. The number of carbonyl (C=O) groups is 1. The van der Waals surface area contributed by atoms with Gasteiger partial charge in [0.1, 0.15) is 6.04 Å². The summed E-state index contributed by atoms with van der Waals surface area (Å²) in [5.74, 6) is 0.548. The number of amides is 1. The lowest BCUT2D eigenvalue weighted by Crippen LogP contribution is -2.40. The molecule has 0 radical (unpaired) electrons. The van der Waals surface area contributed by atoms with Gasteiger partial charge in [0.05, 0.1) is 11.5 Å². The SMILES string of the molecule is CC(C)CC(C(=O)NC1CCS(=O)(=O)C1)n1cccc1. The number of sulfone groups is 1. The van der Waals surface area contributed by atoms with Crippen LogP contribution in [-0.4, -0.2) is 36.4 Å². The van der Waals surface area contributed by atoms with Crippen molar-refractivity contribution in [1.29, 1.82) is 0 Å². The largest absolute Gasteiger partial charge is 0.351 e. The second-order valence-corrected chi connectivity index (χ2v) is 8.11. The normalized spacial score (nSPS) is 22.9. The Morgan fingerprint density at radius 2 is 2.00 bits per heavy atom. The summed E-state index contributed by atoms with van der Waals surface area (Å²) in [7, 11) is -2.97. The molecule has 112 valence electrons. The molecule has 1 saturated heterocycles. The molecule has 2 atom stereocenters.